The van der Waals surface area contributed by atoms with E-state index in [1.54, 1.807) is 6.08 Å². The van der Waals surface area contributed by atoms with Gasteiger partial charge < -0.3 is 14.2 Å². The van der Waals surface area contributed by atoms with Crippen molar-refractivity contribution in [3.63, 3.8) is 0 Å². The topological polar surface area (TPSA) is 57.1 Å². The van der Waals surface area contributed by atoms with Gasteiger partial charge in [0.1, 0.15) is 6.61 Å². The molecular weight excluding hydrogens is 538 g/mol. The molecule has 1 aliphatic heterocycles. The molecule has 0 N–H and O–H groups in total. The maximum atomic E-state index is 12.3. The highest BCUT2D eigenvalue weighted by molar-refractivity contribution is 9.10. The standard InChI is InChI=1S/C25H19Br2NO4/c1-2-30-22-14-17(12-20(27)23(22)31-15-16-8-10-19(26)11-9-16)13-21-25(29)32-24(28-21)18-6-4-3-5-7-18/h3-14H,2,15H2,1H3/b21-13-. The molecule has 3 aromatic carbocycles. The number of hydrogen-bond donors (Lipinski definition) is 0. The molecule has 3 aromatic rings. The van der Waals surface area contributed by atoms with E-state index in [1.807, 2.05) is 73.7 Å². The Hall–Kier alpha value is -2.90. The third-order valence-electron chi connectivity index (χ3n) is 4.57. The number of nitrogens with zero attached hydrogens (tertiary/aromatic N) is 1. The van der Waals surface area contributed by atoms with Crippen molar-refractivity contribution in [2.45, 2.75) is 13.5 Å². The second-order valence-electron chi connectivity index (χ2n) is 6.88. The Morgan fingerprint density at radius 1 is 1.00 bits per heavy atom. The van der Waals surface area contributed by atoms with Crippen molar-refractivity contribution < 1.29 is 19.0 Å². The van der Waals surface area contributed by atoms with Gasteiger partial charge in [-0.15, -0.1) is 0 Å². The third-order valence-corrected chi connectivity index (χ3v) is 5.69. The second kappa shape index (κ2) is 10.1. The number of halogens is 2. The number of rotatable bonds is 7. The van der Waals surface area contributed by atoms with Crippen LogP contribution in [0.15, 0.2) is 86.4 Å². The zero-order valence-corrected chi connectivity index (χ0v) is 20.4. The zero-order valence-electron chi connectivity index (χ0n) is 17.2. The number of cyclic esters (lactones) is 1. The van der Waals surface area contributed by atoms with E-state index < -0.39 is 5.97 Å². The van der Waals surface area contributed by atoms with E-state index in [9.17, 15) is 4.79 Å². The minimum absolute atomic E-state index is 0.224. The molecule has 0 fully saturated rings. The number of carbonyl (C=O) groups excluding carboxylic acids is 1. The maximum Gasteiger partial charge on any atom is 0.363 e. The molecule has 0 aromatic heterocycles. The van der Waals surface area contributed by atoms with Crippen molar-refractivity contribution in [3.05, 3.63) is 98.1 Å². The largest absolute Gasteiger partial charge is 0.490 e. The molecule has 32 heavy (non-hydrogen) atoms. The van der Waals surface area contributed by atoms with E-state index >= 15 is 0 Å². The van der Waals surface area contributed by atoms with Crippen LogP contribution < -0.4 is 9.47 Å². The fourth-order valence-electron chi connectivity index (χ4n) is 3.08. The second-order valence-corrected chi connectivity index (χ2v) is 8.65. The van der Waals surface area contributed by atoms with Crippen LogP contribution in [0.1, 0.15) is 23.6 Å². The van der Waals surface area contributed by atoms with Crippen molar-refractivity contribution in [2.75, 3.05) is 6.61 Å². The lowest BCUT2D eigenvalue weighted by molar-refractivity contribution is -0.129. The molecule has 0 aliphatic carbocycles. The average molecular weight is 557 g/mol. The molecule has 0 amide bonds. The van der Waals surface area contributed by atoms with Crippen molar-refractivity contribution in [2.24, 2.45) is 4.99 Å². The number of hydrogen-bond acceptors (Lipinski definition) is 5. The van der Waals surface area contributed by atoms with Crippen LogP contribution in [0.5, 0.6) is 11.5 Å². The summed E-state index contributed by atoms with van der Waals surface area (Å²) in [7, 11) is 0. The third kappa shape index (κ3) is 5.29. The maximum absolute atomic E-state index is 12.3. The number of benzene rings is 3. The van der Waals surface area contributed by atoms with Crippen LogP contribution in [0.2, 0.25) is 0 Å². The summed E-state index contributed by atoms with van der Waals surface area (Å²) in [6.45, 7) is 2.77. The van der Waals surface area contributed by atoms with Gasteiger partial charge in [-0.05, 0) is 76.5 Å². The number of aliphatic imine (C=N–C) groups is 1. The van der Waals surface area contributed by atoms with Crippen molar-refractivity contribution in [3.8, 4) is 11.5 Å². The molecule has 0 atom stereocenters. The van der Waals surface area contributed by atoms with E-state index in [-0.39, 0.29) is 5.70 Å². The van der Waals surface area contributed by atoms with Crippen LogP contribution in [-0.4, -0.2) is 18.5 Å². The predicted octanol–water partition coefficient (Wildman–Crippen LogP) is 6.53. The first-order valence-corrected chi connectivity index (χ1v) is 11.5. The summed E-state index contributed by atoms with van der Waals surface area (Å²) in [4.78, 5) is 16.7. The highest BCUT2D eigenvalue weighted by atomic mass is 79.9. The predicted molar refractivity (Wildman–Crippen MR) is 131 cm³/mol. The van der Waals surface area contributed by atoms with Gasteiger partial charge in [-0.3, -0.25) is 0 Å². The number of carbonyl (C=O) groups is 1. The van der Waals surface area contributed by atoms with E-state index in [1.165, 1.54) is 0 Å². The minimum atomic E-state index is -0.492. The molecule has 0 saturated carbocycles. The molecule has 5 nitrogen and oxygen atoms in total. The smallest absolute Gasteiger partial charge is 0.363 e. The Morgan fingerprint density at radius 3 is 2.47 bits per heavy atom. The van der Waals surface area contributed by atoms with Gasteiger partial charge in [0.2, 0.25) is 5.90 Å². The quantitative estimate of drug-likeness (QED) is 0.245. The lowest BCUT2D eigenvalue weighted by Gasteiger charge is -2.15. The van der Waals surface area contributed by atoms with Gasteiger partial charge in [0.25, 0.3) is 0 Å². The summed E-state index contributed by atoms with van der Waals surface area (Å²) in [5, 5.41) is 0. The lowest BCUT2D eigenvalue weighted by Crippen LogP contribution is -2.05. The summed E-state index contributed by atoms with van der Waals surface area (Å²) < 4.78 is 18.9. The van der Waals surface area contributed by atoms with Crippen LogP contribution in [0.4, 0.5) is 0 Å². The molecule has 0 unspecified atom stereocenters. The first-order valence-electron chi connectivity index (χ1n) is 9.95. The molecule has 1 heterocycles. The molecule has 4 rings (SSSR count). The van der Waals surface area contributed by atoms with Gasteiger partial charge >= 0.3 is 5.97 Å². The highest BCUT2D eigenvalue weighted by Crippen LogP contribution is 2.38. The average Bonchev–Trinajstić information content (AvgIpc) is 3.15. The Balaban J connectivity index is 1.60. The van der Waals surface area contributed by atoms with Gasteiger partial charge in [0, 0.05) is 10.0 Å². The van der Waals surface area contributed by atoms with Crippen LogP contribution >= 0.6 is 31.9 Å². The SMILES string of the molecule is CCOc1cc(/C=C2\N=C(c3ccccc3)OC2=O)cc(Br)c1OCc1ccc(Br)cc1. The van der Waals surface area contributed by atoms with Gasteiger partial charge in [0.15, 0.2) is 17.2 Å². The zero-order chi connectivity index (χ0) is 22.5. The van der Waals surface area contributed by atoms with E-state index in [0.29, 0.717) is 35.1 Å². The Morgan fingerprint density at radius 2 is 1.75 bits per heavy atom. The fraction of sp³-hybridized carbons (Fsp3) is 0.120. The van der Waals surface area contributed by atoms with Gasteiger partial charge in [-0.25, -0.2) is 9.79 Å². The summed E-state index contributed by atoms with van der Waals surface area (Å²) >= 11 is 7.01. The highest BCUT2D eigenvalue weighted by Gasteiger charge is 2.24. The molecular formula is C25H19Br2NO4. The Kier molecular flexibility index (Phi) is 7.07. The first-order chi connectivity index (χ1) is 15.5. The molecule has 162 valence electrons. The lowest BCUT2D eigenvalue weighted by atomic mass is 10.1. The molecule has 0 spiro atoms. The summed E-state index contributed by atoms with van der Waals surface area (Å²) in [6, 6.07) is 20.9. The molecule has 7 heteroatoms. The van der Waals surface area contributed by atoms with E-state index in [4.69, 9.17) is 14.2 Å². The van der Waals surface area contributed by atoms with E-state index in [2.05, 4.69) is 36.9 Å². The van der Waals surface area contributed by atoms with Gasteiger partial charge in [-0.2, -0.15) is 0 Å². The minimum Gasteiger partial charge on any atom is -0.490 e. The van der Waals surface area contributed by atoms with Crippen LogP contribution in [-0.2, 0) is 16.1 Å². The van der Waals surface area contributed by atoms with Crippen molar-refractivity contribution in [1.82, 2.24) is 0 Å². The summed E-state index contributed by atoms with van der Waals surface area (Å²) in [6.07, 6.45) is 1.67. The van der Waals surface area contributed by atoms with Crippen LogP contribution in [0, 0.1) is 0 Å². The van der Waals surface area contributed by atoms with Gasteiger partial charge in [0.05, 0.1) is 11.1 Å². The van der Waals surface area contributed by atoms with Crippen LogP contribution in [0.3, 0.4) is 0 Å². The van der Waals surface area contributed by atoms with E-state index in [0.717, 1.165) is 21.2 Å². The molecule has 0 bridgehead atoms. The fourth-order valence-corrected chi connectivity index (χ4v) is 3.92. The van der Waals surface area contributed by atoms with Crippen molar-refractivity contribution in [1.29, 1.82) is 0 Å². The first kappa shape index (κ1) is 22.3. The number of ether oxygens (including phenoxy) is 3. The molecule has 0 saturated heterocycles. The molecule has 1 aliphatic rings. The Labute approximate surface area is 203 Å². The monoisotopic (exact) mass is 555 g/mol. The summed E-state index contributed by atoms with van der Waals surface area (Å²) in [5.41, 5.74) is 2.74. The summed E-state index contributed by atoms with van der Waals surface area (Å²) in [5.74, 6) is 0.970. The Bertz CT molecular complexity index is 1190. The van der Waals surface area contributed by atoms with Crippen LogP contribution in [0.25, 0.3) is 6.08 Å². The van der Waals surface area contributed by atoms with Gasteiger partial charge in [-0.1, -0.05) is 46.3 Å². The van der Waals surface area contributed by atoms with Crippen molar-refractivity contribution >= 4 is 49.8 Å². The normalized spacial score (nSPS) is 14.3. The number of esters is 1. The molecule has 0 radical (unpaired) electrons.